The molecular weight excluding hydrogens is 311 g/mol. The first-order chi connectivity index (χ1) is 9.70. The summed E-state index contributed by atoms with van der Waals surface area (Å²) in [5.74, 6) is 5.77. The smallest absolute Gasteiger partial charge is 0.0738 e. The summed E-state index contributed by atoms with van der Waals surface area (Å²) in [6.07, 6.45) is 0. The van der Waals surface area contributed by atoms with Crippen LogP contribution in [-0.2, 0) is 0 Å². The third-order valence-corrected chi connectivity index (χ3v) is 4.80. The van der Waals surface area contributed by atoms with Gasteiger partial charge in [-0.2, -0.15) is 0 Å². The second kappa shape index (κ2) is 5.72. The number of hydrogen-bond acceptors (Lipinski definition) is 3. The van der Waals surface area contributed by atoms with Gasteiger partial charge in [0, 0.05) is 14.7 Å². The van der Waals surface area contributed by atoms with Crippen LogP contribution in [0.3, 0.4) is 0 Å². The van der Waals surface area contributed by atoms with E-state index in [2.05, 4.69) is 29.0 Å². The van der Waals surface area contributed by atoms with Gasteiger partial charge < -0.3 is 0 Å². The van der Waals surface area contributed by atoms with E-state index >= 15 is 0 Å². The van der Waals surface area contributed by atoms with Gasteiger partial charge in [-0.15, -0.1) is 11.3 Å². The number of nitrogens with two attached hydrogens (primary N) is 1. The van der Waals surface area contributed by atoms with Crippen molar-refractivity contribution in [2.45, 2.75) is 6.04 Å². The normalized spacial score (nSPS) is 12.8. The Morgan fingerprint density at radius 3 is 2.65 bits per heavy atom. The van der Waals surface area contributed by atoms with Gasteiger partial charge in [0.25, 0.3) is 0 Å². The minimum absolute atomic E-state index is 0.165. The molecule has 1 heterocycles. The zero-order valence-corrected chi connectivity index (χ0v) is 12.8. The van der Waals surface area contributed by atoms with Crippen LogP contribution >= 0.6 is 34.5 Å². The largest absolute Gasteiger partial charge is 0.271 e. The molecule has 0 amide bonds. The van der Waals surface area contributed by atoms with E-state index in [0.717, 1.165) is 11.1 Å². The van der Waals surface area contributed by atoms with Crippen LogP contribution in [0.4, 0.5) is 0 Å². The Balaban J connectivity index is 2.16. The highest BCUT2D eigenvalue weighted by Crippen LogP contribution is 2.35. The lowest BCUT2D eigenvalue weighted by Crippen LogP contribution is -2.29. The van der Waals surface area contributed by atoms with Crippen molar-refractivity contribution < 1.29 is 0 Å². The molecule has 2 aromatic carbocycles. The number of nitrogens with one attached hydrogen (secondary N) is 1. The fraction of sp³-hybridized carbons (Fsp3) is 0.0667. The Morgan fingerprint density at radius 1 is 1.05 bits per heavy atom. The molecule has 5 heteroatoms. The van der Waals surface area contributed by atoms with Crippen LogP contribution in [0.15, 0.2) is 47.8 Å². The van der Waals surface area contributed by atoms with E-state index in [4.69, 9.17) is 29.0 Å². The number of hydrogen-bond donors (Lipinski definition) is 2. The van der Waals surface area contributed by atoms with E-state index in [9.17, 15) is 0 Å². The van der Waals surface area contributed by atoms with Crippen molar-refractivity contribution in [3.63, 3.8) is 0 Å². The van der Waals surface area contributed by atoms with Gasteiger partial charge in [0.05, 0.1) is 6.04 Å². The van der Waals surface area contributed by atoms with Crippen LogP contribution in [0.5, 0.6) is 0 Å². The second-order valence-electron chi connectivity index (χ2n) is 4.45. The monoisotopic (exact) mass is 322 g/mol. The number of rotatable bonds is 3. The van der Waals surface area contributed by atoms with E-state index in [0.29, 0.717) is 10.0 Å². The maximum atomic E-state index is 6.30. The Morgan fingerprint density at radius 2 is 1.90 bits per heavy atom. The first kappa shape index (κ1) is 13.9. The summed E-state index contributed by atoms with van der Waals surface area (Å²) >= 11 is 14.0. The van der Waals surface area contributed by atoms with Crippen molar-refractivity contribution in [2.24, 2.45) is 5.84 Å². The Bertz CT molecular complexity index is 754. The van der Waals surface area contributed by atoms with E-state index in [1.54, 1.807) is 17.4 Å². The fourth-order valence-corrected chi connectivity index (χ4v) is 3.79. The van der Waals surface area contributed by atoms with Crippen molar-refractivity contribution in [2.75, 3.05) is 0 Å². The number of hydrazine groups is 1. The maximum Gasteiger partial charge on any atom is 0.0738 e. The summed E-state index contributed by atoms with van der Waals surface area (Å²) in [5.41, 5.74) is 4.89. The van der Waals surface area contributed by atoms with Gasteiger partial charge in [0.2, 0.25) is 0 Å². The molecular formula is C15H12Cl2N2S. The minimum Gasteiger partial charge on any atom is -0.271 e. The Labute approximate surface area is 131 Å². The highest BCUT2D eigenvalue weighted by molar-refractivity contribution is 7.17. The van der Waals surface area contributed by atoms with Gasteiger partial charge in [-0.05, 0) is 40.1 Å². The number of halogens is 2. The molecule has 0 aliphatic carbocycles. The van der Waals surface area contributed by atoms with Crippen molar-refractivity contribution in [3.8, 4) is 0 Å². The van der Waals surface area contributed by atoms with Gasteiger partial charge in [-0.3, -0.25) is 5.84 Å². The lowest BCUT2D eigenvalue weighted by atomic mass is 9.98. The molecule has 0 saturated heterocycles. The first-order valence-electron chi connectivity index (χ1n) is 6.08. The molecule has 3 rings (SSSR count). The molecule has 1 aromatic heterocycles. The molecule has 1 atom stereocenters. The zero-order chi connectivity index (χ0) is 14.1. The average molecular weight is 323 g/mol. The van der Waals surface area contributed by atoms with Crippen molar-refractivity contribution >= 4 is 44.6 Å². The number of benzene rings is 2. The number of thiophene rings is 1. The summed E-state index contributed by atoms with van der Waals surface area (Å²) in [6, 6.07) is 13.6. The summed E-state index contributed by atoms with van der Waals surface area (Å²) in [5, 5.41) is 4.50. The summed E-state index contributed by atoms with van der Waals surface area (Å²) in [4.78, 5) is 0. The summed E-state index contributed by atoms with van der Waals surface area (Å²) < 4.78 is 1.21. The quantitative estimate of drug-likeness (QED) is 0.539. The van der Waals surface area contributed by atoms with E-state index in [1.807, 2.05) is 18.2 Å². The van der Waals surface area contributed by atoms with Gasteiger partial charge in [-0.25, -0.2) is 5.43 Å². The van der Waals surface area contributed by atoms with Gasteiger partial charge in [0.15, 0.2) is 0 Å². The Hall–Kier alpha value is -1.10. The third-order valence-electron chi connectivity index (χ3n) is 3.26. The molecule has 20 heavy (non-hydrogen) atoms. The molecule has 3 aromatic rings. The Kier molecular flexibility index (Phi) is 3.96. The predicted octanol–water partition coefficient (Wildman–Crippen LogP) is 4.76. The van der Waals surface area contributed by atoms with Gasteiger partial charge in [0.1, 0.15) is 0 Å². The second-order valence-corrected chi connectivity index (χ2v) is 6.21. The van der Waals surface area contributed by atoms with E-state index in [1.165, 1.54) is 10.1 Å². The molecule has 0 saturated carbocycles. The molecule has 102 valence electrons. The molecule has 0 aliphatic rings. The maximum absolute atomic E-state index is 6.30. The van der Waals surface area contributed by atoms with Crippen LogP contribution in [0.25, 0.3) is 10.1 Å². The lowest BCUT2D eigenvalue weighted by molar-refractivity contribution is 0.642. The fourth-order valence-electron chi connectivity index (χ4n) is 2.33. The summed E-state index contributed by atoms with van der Waals surface area (Å²) in [7, 11) is 0. The highest BCUT2D eigenvalue weighted by atomic mass is 35.5. The predicted molar refractivity (Wildman–Crippen MR) is 87.5 cm³/mol. The topological polar surface area (TPSA) is 38.0 Å². The minimum atomic E-state index is -0.165. The molecule has 0 aliphatic heterocycles. The molecule has 2 nitrogen and oxygen atoms in total. The van der Waals surface area contributed by atoms with Crippen molar-refractivity contribution in [1.82, 2.24) is 5.43 Å². The van der Waals surface area contributed by atoms with E-state index in [-0.39, 0.29) is 6.04 Å². The third kappa shape index (κ3) is 2.43. The highest BCUT2D eigenvalue weighted by Gasteiger charge is 2.18. The molecule has 0 fully saturated rings. The standard InChI is InChI=1S/C15H12Cl2N2S/c16-10-4-5-11(13(17)8-10)14(19-18)12-3-1-2-9-6-7-20-15(9)12/h1-8,14,19H,18H2. The van der Waals surface area contributed by atoms with Crippen LogP contribution in [0, 0.1) is 0 Å². The lowest BCUT2D eigenvalue weighted by Gasteiger charge is -2.19. The summed E-state index contributed by atoms with van der Waals surface area (Å²) in [6.45, 7) is 0. The molecule has 0 spiro atoms. The van der Waals surface area contributed by atoms with Crippen molar-refractivity contribution in [3.05, 3.63) is 69.0 Å². The zero-order valence-electron chi connectivity index (χ0n) is 10.4. The van der Waals surface area contributed by atoms with Gasteiger partial charge in [-0.1, -0.05) is 47.5 Å². The number of fused-ring (bicyclic) bond motifs is 1. The van der Waals surface area contributed by atoms with E-state index < -0.39 is 0 Å². The molecule has 3 N–H and O–H groups in total. The van der Waals surface area contributed by atoms with Crippen LogP contribution in [0.2, 0.25) is 10.0 Å². The first-order valence-corrected chi connectivity index (χ1v) is 7.71. The van der Waals surface area contributed by atoms with Crippen molar-refractivity contribution in [1.29, 1.82) is 0 Å². The molecule has 1 unspecified atom stereocenters. The van der Waals surface area contributed by atoms with Crippen LogP contribution in [-0.4, -0.2) is 0 Å². The van der Waals surface area contributed by atoms with Crippen LogP contribution < -0.4 is 11.3 Å². The van der Waals surface area contributed by atoms with Gasteiger partial charge >= 0.3 is 0 Å². The molecule has 0 radical (unpaired) electrons. The average Bonchev–Trinajstić information content (AvgIpc) is 2.91. The van der Waals surface area contributed by atoms with Crippen LogP contribution in [0.1, 0.15) is 17.2 Å². The SMILES string of the molecule is NNC(c1ccc(Cl)cc1Cl)c1cccc2ccsc12. The molecule has 0 bridgehead atoms.